The van der Waals surface area contributed by atoms with Crippen LogP contribution in [0.15, 0.2) is 101 Å². The first-order valence-electron chi connectivity index (χ1n) is 13.8. The van der Waals surface area contributed by atoms with Crippen molar-refractivity contribution in [2.45, 2.75) is 51.6 Å². The Morgan fingerprint density at radius 2 is 1.57 bits per heavy atom. The van der Waals surface area contributed by atoms with Gasteiger partial charge < -0.3 is 19.5 Å². The summed E-state index contributed by atoms with van der Waals surface area (Å²) in [6.45, 7) is 4.64. The third-order valence-electron chi connectivity index (χ3n) is 7.53. The highest BCUT2D eigenvalue weighted by molar-refractivity contribution is 6.04. The second kappa shape index (κ2) is 12.2. The molecule has 6 heteroatoms. The summed E-state index contributed by atoms with van der Waals surface area (Å²) in [5.41, 5.74) is 5.76. The number of carbonyl (C=O) groups is 2. The lowest BCUT2D eigenvalue weighted by atomic mass is 9.71. The van der Waals surface area contributed by atoms with Crippen LogP contribution in [0.4, 0.5) is 0 Å². The van der Waals surface area contributed by atoms with Crippen molar-refractivity contribution in [3.8, 4) is 11.5 Å². The SMILES string of the molecule is CCCOC(=O)C1=C(C)NC2=C(C(=O)CC(c3ccc(OC)cc3)C2)C1c1ccc(OCc2ccccc2)cc1. The molecule has 3 aromatic carbocycles. The molecule has 206 valence electrons. The first kappa shape index (κ1) is 27.3. The van der Waals surface area contributed by atoms with Crippen molar-refractivity contribution < 1.29 is 23.8 Å². The van der Waals surface area contributed by atoms with Crippen LogP contribution in [0.3, 0.4) is 0 Å². The van der Waals surface area contributed by atoms with Gasteiger partial charge >= 0.3 is 5.97 Å². The van der Waals surface area contributed by atoms with Crippen LogP contribution in [0.25, 0.3) is 0 Å². The molecule has 40 heavy (non-hydrogen) atoms. The number of ketones is 1. The average molecular weight is 538 g/mol. The minimum Gasteiger partial charge on any atom is -0.497 e. The highest BCUT2D eigenvalue weighted by Gasteiger charge is 2.41. The predicted octanol–water partition coefficient (Wildman–Crippen LogP) is 6.59. The summed E-state index contributed by atoms with van der Waals surface area (Å²) in [5.74, 6) is 0.691. The number of carbonyl (C=O) groups excluding carboxylic acids is 2. The standard InChI is InChI=1S/C34H35NO5/c1-4-18-39-34(37)31-22(2)35-29-19-26(24-10-14-27(38-3)15-11-24)20-30(36)33(29)32(31)25-12-16-28(17-13-25)40-21-23-8-6-5-7-9-23/h5-17,26,32,35H,4,18-21H2,1-3H3. The van der Waals surface area contributed by atoms with Gasteiger partial charge in [-0.1, -0.05) is 61.5 Å². The van der Waals surface area contributed by atoms with E-state index in [2.05, 4.69) is 5.32 Å². The van der Waals surface area contributed by atoms with E-state index in [-0.39, 0.29) is 11.7 Å². The highest BCUT2D eigenvalue weighted by Crippen LogP contribution is 2.46. The molecule has 1 aliphatic heterocycles. The Hall–Kier alpha value is -4.32. The first-order valence-corrected chi connectivity index (χ1v) is 13.8. The lowest BCUT2D eigenvalue weighted by Crippen LogP contribution is -2.36. The molecule has 1 N–H and O–H groups in total. The van der Waals surface area contributed by atoms with Gasteiger partial charge in [0, 0.05) is 29.3 Å². The van der Waals surface area contributed by atoms with Gasteiger partial charge in [-0.25, -0.2) is 4.79 Å². The monoisotopic (exact) mass is 537 g/mol. The molecule has 2 aliphatic rings. The number of benzene rings is 3. The molecule has 0 aromatic heterocycles. The molecule has 6 nitrogen and oxygen atoms in total. The van der Waals surface area contributed by atoms with Crippen LogP contribution in [0.1, 0.15) is 61.6 Å². The lowest BCUT2D eigenvalue weighted by Gasteiger charge is -2.36. The molecule has 5 rings (SSSR count). The van der Waals surface area contributed by atoms with E-state index < -0.39 is 11.9 Å². The van der Waals surface area contributed by atoms with Crippen LogP contribution in [0, 0.1) is 0 Å². The van der Waals surface area contributed by atoms with Crippen LogP contribution in [-0.2, 0) is 20.9 Å². The molecule has 3 aromatic rings. The Morgan fingerprint density at radius 1 is 0.900 bits per heavy atom. The third kappa shape index (κ3) is 5.81. The summed E-state index contributed by atoms with van der Waals surface area (Å²) < 4.78 is 16.9. The van der Waals surface area contributed by atoms with Gasteiger partial charge in [0.25, 0.3) is 0 Å². The van der Waals surface area contributed by atoms with Crippen molar-refractivity contribution in [3.63, 3.8) is 0 Å². The molecule has 0 amide bonds. The zero-order chi connectivity index (χ0) is 28.1. The molecule has 0 radical (unpaired) electrons. The summed E-state index contributed by atoms with van der Waals surface area (Å²) in [7, 11) is 1.64. The maximum atomic E-state index is 13.8. The van der Waals surface area contributed by atoms with Crippen molar-refractivity contribution in [1.29, 1.82) is 0 Å². The zero-order valence-electron chi connectivity index (χ0n) is 23.2. The number of dihydropyridines is 1. The van der Waals surface area contributed by atoms with Crippen LogP contribution < -0.4 is 14.8 Å². The molecule has 2 unspecified atom stereocenters. The normalized spacial score (nSPS) is 18.6. The lowest BCUT2D eigenvalue weighted by molar-refractivity contribution is -0.139. The van der Waals surface area contributed by atoms with E-state index in [0.29, 0.717) is 37.2 Å². The molecule has 1 aliphatic carbocycles. The maximum Gasteiger partial charge on any atom is 0.336 e. The van der Waals surface area contributed by atoms with Gasteiger partial charge in [0.1, 0.15) is 18.1 Å². The quantitative estimate of drug-likeness (QED) is 0.311. The first-order chi connectivity index (χ1) is 19.5. The summed E-state index contributed by atoms with van der Waals surface area (Å²) in [6, 6.07) is 25.6. The third-order valence-corrected chi connectivity index (χ3v) is 7.53. The molecule has 0 spiro atoms. The molecule has 0 saturated heterocycles. The van der Waals surface area contributed by atoms with Crippen LogP contribution in [0.2, 0.25) is 0 Å². The number of Topliss-reactive ketones (excluding diaryl/α,β-unsaturated/α-hetero) is 1. The number of hydrogen-bond donors (Lipinski definition) is 1. The number of hydrogen-bond acceptors (Lipinski definition) is 6. The fourth-order valence-corrected chi connectivity index (χ4v) is 5.52. The van der Waals surface area contributed by atoms with Crippen molar-refractivity contribution >= 4 is 11.8 Å². The number of ether oxygens (including phenoxy) is 3. The number of esters is 1. The fraction of sp³-hybridized carbons (Fsp3) is 0.294. The predicted molar refractivity (Wildman–Crippen MR) is 154 cm³/mol. The van der Waals surface area contributed by atoms with Gasteiger partial charge in [0.05, 0.1) is 19.3 Å². The molecular formula is C34H35NO5. The zero-order valence-corrected chi connectivity index (χ0v) is 23.2. The number of nitrogens with one attached hydrogen (secondary N) is 1. The van der Waals surface area contributed by atoms with Gasteiger partial charge in [0.2, 0.25) is 0 Å². The second-order valence-corrected chi connectivity index (χ2v) is 10.3. The number of methoxy groups -OCH3 is 1. The van der Waals surface area contributed by atoms with E-state index >= 15 is 0 Å². The fourth-order valence-electron chi connectivity index (χ4n) is 5.52. The number of rotatable bonds is 9. The van der Waals surface area contributed by atoms with E-state index in [9.17, 15) is 9.59 Å². The molecule has 1 heterocycles. The van der Waals surface area contributed by atoms with E-state index in [4.69, 9.17) is 14.2 Å². The molecule has 0 saturated carbocycles. The Bertz CT molecular complexity index is 1420. The van der Waals surface area contributed by atoms with Crippen molar-refractivity contribution in [1.82, 2.24) is 5.32 Å². The Labute approximate surface area is 235 Å². The van der Waals surface area contributed by atoms with Crippen LogP contribution in [-0.4, -0.2) is 25.5 Å². The Morgan fingerprint density at radius 3 is 2.25 bits per heavy atom. The van der Waals surface area contributed by atoms with Crippen LogP contribution in [0.5, 0.6) is 11.5 Å². The topological polar surface area (TPSA) is 73.9 Å². The average Bonchev–Trinajstić information content (AvgIpc) is 2.99. The van der Waals surface area contributed by atoms with Gasteiger partial charge in [0.15, 0.2) is 5.78 Å². The smallest absolute Gasteiger partial charge is 0.336 e. The molecule has 0 fully saturated rings. The van der Waals surface area contributed by atoms with Crippen LogP contribution >= 0.6 is 0 Å². The van der Waals surface area contributed by atoms with E-state index in [1.807, 2.05) is 92.7 Å². The Balaban J connectivity index is 1.46. The maximum absolute atomic E-state index is 13.8. The minimum atomic E-state index is -0.506. The van der Waals surface area contributed by atoms with E-state index in [1.165, 1.54) is 0 Å². The van der Waals surface area contributed by atoms with Gasteiger partial charge in [-0.2, -0.15) is 0 Å². The highest BCUT2D eigenvalue weighted by atomic mass is 16.5. The van der Waals surface area contributed by atoms with Gasteiger partial charge in [-0.15, -0.1) is 0 Å². The van der Waals surface area contributed by atoms with Gasteiger partial charge in [-0.3, -0.25) is 4.79 Å². The molecular weight excluding hydrogens is 502 g/mol. The summed E-state index contributed by atoms with van der Waals surface area (Å²) in [4.78, 5) is 27.1. The summed E-state index contributed by atoms with van der Waals surface area (Å²) in [6.07, 6.45) is 1.77. The summed E-state index contributed by atoms with van der Waals surface area (Å²) in [5, 5.41) is 3.42. The largest absolute Gasteiger partial charge is 0.497 e. The van der Waals surface area contributed by atoms with E-state index in [0.717, 1.165) is 46.0 Å². The molecule has 2 atom stereocenters. The number of allylic oxidation sites excluding steroid dienone is 3. The minimum absolute atomic E-state index is 0.0391. The van der Waals surface area contributed by atoms with Crippen molar-refractivity contribution in [3.05, 3.63) is 118 Å². The van der Waals surface area contributed by atoms with Crippen molar-refractivity contribution in [2.75, 3.05) is 13.7 Å². The second-order valence-electron chi connectivity index (χ2n) is 10.3. The van der Waals surface area contributed by atoms with Gasteiger partial charge in [-0.05, 0) is 66.6 Å². The van der Waals surface area contributed by atoms with E-state index in [1.54, 1.807) is 7.11 Å². The Kier molecular flexibility index (Phi) is 8.34. The molecule has 0 bridgehead atoms. The van der Waals surface area contributed by atoms with Crippen molar-refractivity contribution in [2.24, 2.45) is 0 Å². The summed E-state index contributed by atoms with van der Waals surface area (Å²) >= 11 is 0.